The number of amides is 2. The van der Waals surface area contributed by atoms with Crippen molar-refractivity contribution in [2.75, 3.05) is 25.0 Å². The zero-order valence-electron chi connectivity index (χ0n) is 12.6. The van der Waals surface area contributed by atoms with E-state index in [-0.39, 0.29) is 12.5 Å². The van der Waals surface area contributed by atoms with E-state index < -0.39 is 5.91 Å². The number of primary amides is 1. The molecule has 6 nitrogen and oxygen atoms in total. The summed E-state index contributed by atoms with van der Waals surface area (Å²) in [4.78, 5) is 23.0. The van der Waals surface area contributed by atoms with Crippen molar-refractivity contribution in [2.45, 2.75) is 0 Å². The van der Waals surface area contributed by atoms with E-state index in [9.17, 15) is 9.59 Å². The second kappa shape index (κ2) is 8.43. The van der Waals surface area contributed by atoms with Gasteiger partial charge in [-0.2, -0.15) is 0 Å². The molecule has 0 spiro atoms. The van der Waals surface area contributed by atoms with Gasteiger partial charge >= 0.3 is 0 Å². The van der Waals surface area contributed by atoms with E-state index >= 15 is 0 Å². The minimum atomic E-state index is -0.537. The lowest BCUT2D eigenvalue weighted by molar-refractivity contribution is -0.119. The number of anilines is 1. The fourth-order valence-electron chi connectivity index (χ4n) is 1.97. The van der Waals surface area contributed by atoms with Crippen LogP contribution in [-0.4, -0.2) is 31.5 Å². The highest BCUT2D eigenvalue weighted by atomic mass is 16.5. The Bertz CT molecular complexity index is 659. The predicted octanol–water partition coefficient (Wildman–Crippen LogP) is 1.39. The maximum absolute atomic E-state index is 11.8. The van der Waals surface area contributed by atoms with E-state index in [1.807, 2.05) is 30.3 Å². The molecule has 0 radical (unpaired) electrons. The second-order valence-corrected chi connectivity index (χ2v) is 4.77. The van der Waals surface area contributed by atoms with Crippen LogP contribution in [0.2, 0.25) is 0 Å². The van der Waals surface area contributed by atoms with Gasteiger partial charge in [0.1, 0.15) is 12.4 Å². The number of para-hydroxylation sites is 2. The van der Waals surface area contributed by atoms with Crippen LogP contribution in [0.15, 0.2) is 54.6 Å². The molecule has 0 saturated carbocycles. The summed E-state index contributed by atoms with van der Waals surface area (Å²) in [6, 6.07) is 16.2. The summed E-state index contributed by atoms with van der Waals surface area (Å²) in [6.45, 7) is 0.829. The summed E-state index contributed by atoms with van der Waals surface area (Å²) in [5, 5.41) is 5.63. The molecule has 2 aromatic carbocycles. The average Bonchev–Trinajstić information content (AvgIpc) is 2.58. The summed E-state index contributed by atoms with van der Waals surface area (Å²) >= 11 is 0. The Morgan fingerprint density at radius 1 is 1.00 bits per heavy atom. The van der Waals surface area contributed by atoms with Gasteiger partial charge in [0.15, 0.2) is 0 Å². The van der Waals surface area contributed by atoms with Gasteiger partial charge in [0, 0.05) is 5.69 Å². The molecule has 120 valence electrons. The van der Waals surface area contributed by atoms with Crippen LogP contribution in [0.1, 0.15) is 10.4 Å². The van der Waals surface area contributed by atoms with Crippen molar-refractivity contribution in [1.82, 2.24) is 5.32 Å². The Hall–Kier alpha value is -3.02. The highest BCUT2D eigenvalue weighted by Crippen LogP contribution is 2.13. The first-order valence-corrected chi connectivity index (χ1v) is 7.24. The third kappa shape index (κ3) is 5.35. The SMILES string of the molecule is NC(=O)c1ccccc1NCC(=O)NCCOc1ccccc1. The van der Waals surface area contributed by atoms with E-state index in [1.54, 1.807) is 24.3 Å². The fourth-order valence-corrected chi connectivity index (χ4v) is 1.97. The molecule has 0 aliphatic carbocycles. The lowest BCUT2D eigenvalue weighted by Crippen LogP contribution is -2.33. The van der Waals surface area contributed by atoms with Crippen molar-refractivity contribution >= 4 is 17.5 Å². The first-order valence-electron chi connectivity index (χ1n) is 7.24. The Labute approximate surface area is 134 Å². The van der Waals surface area contributed by atoms with Crippen LogP contribution < -0.4 is 21.1 Å². The van der Waals surface area contributed by atoms with Gasteiger partial charge in [0.2, 0.25) is 5.91 Å². The molecular weight excluding hydrogens is 294 g/mol. The lowest BCUT2D eigenvalue weighted by atomic mass is 10.1. The topological polar surface area (TPSA) is 93.5 Å². The van der Waals surface area contributed by atoms with Gasteiger partial charge in [0.05, 0.1) is 18.7 Å². The molecule has 2 aromatic rings. The Morgan fingerprint density at radius 2 is 1.70 bits per heavy atom. The Morgan fingerprint density at radius 3 is 2.43 bits per heavy atom. The van der Waals surface area contributed by atoms with Gasteiger partial charge in [-0.25, -0.2) is 0 Å². The number of benzene rings is 2. The molecule has 0 aliphatic rings. The zero-order chi connectivity index (χ0) is 16.5. The van der Waals surface area contributed by atoms with Crippen molar-refractivity contribution in [3.8, 4) is 5.75 Å². The van der Waals surface area contributed by atoms with Crippen molar-refractivity contribution in [3.05, 3.63) is 60.2 Å². The number of carbonyl (C=O) groups is 2. The third-order valence-electron chi connectivity index (χ3n) is 3.07. The predicted molar refractivity (Wildman–Crippen MR) is 88.4 cm³/mol. The molecule has 6 heteroatoms. The highest BCUT2D eigenvalue weighted by molar-refractivity contribution is 5.98. The van der Waals surface area contributed by atoms with E-state index in [0.29, 0.717) is 24.4 Å². The van der Waals surface area contributed by atoms with E-state index in [2.05, 4.69) is 10.6 Å². The molecule has 0 atom stereocenters. The Kier molecular flexibility index (Phi) is 5.99. The quantitative estimate of drug-likeness (QED) is 0.642. The monoisotopic (exact) mass is 313 g/mol. The minimum absolute atomic E-state index is 0.0512. The number of ether oxygens (including phenoxy) is 1. The molecule has 0 unspecified atom stereocenters. The molecule has 2 amide bonds. The number of carbonyl (C=O) groups excluding carboxylic acids is 2. The minimum Gasteiger partial charge on any atom is -0.492 e. The van der Waals surface area contributed by atoms with Crippen LogP contribution in [0.25, 0.3) is 0 Å². The van der Waals surface area contributed by atoms with Gasteiger partial charge in [-0.15, -0.1) is 0 Å². The maximum Gasteiger partial charge on any atom is 0.250 e. The lowest BCUT2D eigenvalue weighted by Gasteiger charge is -2.11. The van der Waals surface area contributed by atoms with Crippen molar-refractivity contribution < 1.29 is 14.3 Å². The number of nitrogens with two attached hydrogens (primary N) is 1. The molecular formula is C17H19N3O3. The zero-order valence-corrected chi connectivity index (χ0v) is 12.6. The van der Waals surface area contributed by atoms with Crippen LogP contribution in [0.3, 0.4) is 0 Å². The van der Waals surface area contributed by atoms with Gasteiger partial charge in [-0.1, -0.05) is 30.3 Å². The summed E-state index contributed by atoms with van der Waals surface area (Å²) in [7, 11) is 0. The smallest absolute Gasteiger partial charge is 0.250 e. The van der Waals surface area contributed by atoms with Gasteiger partial charge in [-0.3, -0.25) is 9.59 Å². The van der Waals surface area contributed by atoms with Crippen LogP contribution in [0, 0.1) is 0 Å². The molecule has 0 bridgehead atoms. The van der Waals surface area contributed by atoms with Crippen molar-refractivity contribution in [2.24, 2.45) is 5.73 Å². The number of rotatable bonds is 8. The van der Waals surface area contributed by atoms with Gasteiger partial charge < -0.3 is 21.1 Å². The molecule has 0 saturated heterocycles. The maximum atomic E-state index is 11.8. The first-order chi connectivity index (χ1) is 11.2. The first kappa shape index (κ1) is 16.4. The van der Waals surface area contributed by atoms with E-state index in [4.69, 9.17) is 10.5 Å². The number of hydrogen-bond donors (Lipinski definition) is 3. The van der Waals surface area contributed by atoms with Crippen molar-refractivity contribution in [3.63, 3.8) is 0 Å². The summed E-state index contributed by atoms with van der Waals surface area (Å²) in [5.74, 6) is 0.0287. The molecule has 0 fully saturated rings. The standard InChI is InChI=1S/C17H19N3O3/c18-17(22)14-8-4-5-9-15(14)20-12-16(21)19-10-11-23-13-6-2-1-3-7-13/h1-9,20H,10-12H2,(H2,18,22)(H,19,21). The Balaban J connectivity index is 1.70. The number of hydrogen-bond acceptors (Lipinski definition) is 4. The molecule has 0 heterocycles. The van der Waals surface area contributed by atoms with Crippen LogP contribution in [0.5, 0.6) is 5.75 Å². The number of nitrogens with one attached hydrogen (secondary N) is 2. The molecule has 2 rings (SSSR count). The van der Waals surface area contributed by atoms with E-state index in [1.165, 1.54) is 0 Å². The fraction of sp³-hybridized carbons (Fsp3) is 0.176. The summed E-state index contributed by atoms with van der Waals surface area (Å²) in [5.41, 5.74) is 6.17. The highest BCUT2D eigenvalue weighted by Gasteiger charge is 2.08. The van der Waals surface area contributed by atoms with Crippen LogP contribution in [0.4, 0.5) is 5.69 Å². The molecule has 23 heavy (non-hydrogen) atoms. The largest absolute Gasteiger partial charge is 0.492 e. The molecule has 0 aliphatic heterocycles. The second-order valence-electron chi connectivity index (χ2n) is 4.77. The summed E-state index contributed by atoms with van der Waals surface area (Å²) < 4.78 is 5.47. The van der Waals surface area contributed by atoms with Crippen LogP contribution >= 0.6 is 0 Å². The van der Waals surface area contributed by atoms with Gasteiger partial charge in [0.25, 0.3) is 5.91 Å². The molecule has 4 N–H and O–H groups in total. The summed E-state index contributed by atoms with van der Waals surface area (Å²) in [6.07, 6.45) is 0. The van der Waals surface area contributed by atoms with Crippen LogP contribution in [-0.2, 0) is 4.79 Å². The van der Waals surface area contributed by atoms with Crippen molar-refractivity contribution in [1.29, 1.82) is 0 Å². The van der Waals surface area contributed by atoms with E-state index in [0.717, 1.165) is 5.75 Å². The average molecular weight is 313 g/mol. The van der Waals surface area contributed by atoms with Gasteiger partial charge in [-0.05, 0) is 24.3 Å². The normalized spacial score (nSPS) is 9.91. The third-order valence-corrected chi connectivity index (χ3v) is 3.07. The molecule has 0 aromatic heterocycles.